The summed E-state index contributed by atoms with van der Waals surface area (Å²) < 4.78 is 11.3. The van der Waals surface area contributed by atoms with Crippen LogP contribution in [0.4, 0.5) is 0 Å². The van der Waals surface area contributed by atoms with Gasteiger partial charge in [-0.25, -0.2) is 0 Å². The Morgan fingerprint density at radius 1 is 1.37 bits per heavy atom. The van der Waals surface area contributed by atoms with Crippen LogP contribution < -0.4 is 5.32 Å². The Kier molecular flexibility index (Phi) is 5.08. The predicted molar refractivity (Wildman–Crippen MR) is 99.6 cm³/mol. The van der Waals surface area contributed by atoms with Crippen molar-refractivity contribution in [2.45, 2.75) is 57.8 Å². The van der Waals surface area contributed by atoms with Gasteiger partial charge < -0.3 is 19.4 Å². The van der Waals surface area contributed by atoms with Crippen LogP contribution in [0.3, 0.4) is 0 Å². The summed E-state index contributed by atoms with van der Waals surface area (Å²) in [6, 6.07) is 3.64. The van der Waals surface area contributed by atoms with E-state index in [1.54, 1.807) is 12.3 Å². The fourth-order valence-corrected chi connectivity index (χ4v) is 4.53. The van der Waals surface area contributed by atoms with Crippen molar-refractivity contribution in [2.24, 2.45) is 11.3 Å². The van der Waals surface area contributed by atoms with Crippen LogP contribution in [0.2, 0.25) is 0 Å². The topological polar surface area (TPSA) is 71.8 Å². The average Bonchev–Trinajstić information content (AvgIpc) is 3.35. The summed E-state index contributed by atoms with van der Waals surface area (Å²) >= 11 is 0. The van der Waals surface area contributed by atoms with Crippen molar-refractivity contribution in [2.75, 3.05) is 13.1 Å². The molecule has 1 aromatic rings. The quantitative estimate of drug-likeness (QED) is 0.825. The molecule has 2 aliphatic heterocycles. The average molecular weight is 372 g/mol. The summed E-state index contributed by atoms with van der Waals surface area (Å²) in [5, 5.41) is 2.88. The highest BCUT2D eigenvalue weighted by Gasteiger charge is 2.45. The van der Waals surface area contributed by atoms with Crippen molar-refractivity contribution in [3.63, 3.8) is 0 Å². The zero-order valence-corrected chi connectivity index (χ0v) is 15.9. The maximum atomic E-state index is 13.1. The molecule has 0 spiro atoms. The van der Waals surface area contributed by atoms with Gasteiger partial charge in [-0.1, -0.05) is 19.1 Å². The molecule has 2 amide bonds. The van der Waals surface area contributed by atoms with Crippen molar-refractivity contribution in [3.05, 3.63) is 36.3 Å². The Balaban J connectivity index is 1.32. The van der Waals surface area contributed by atoms with E-state index in [4.69, 9.17) is 9.15 Å². The zero-order chi connectivity index (χ0) is 18.9. The summed E-state index contributed by atoms with van der Waals surface area (Å²) in [5.41, 5.74) is -0.292. The first-order chi connectivity index (χ1) is 13.0. The van der Waals surface area contributed by atoms with Gasteiger partial charge in [0.1, 0.15) is 11.9 Å². The van der Waals surface area contributed by atoms with E-state index in [1.807, 2.05) is 11.0 Å². The molecular weight excluding hydrogens is 344 g/mol. The lowest BCUT2D eigenvalue weighted by Crippen LogP contribution is -2.50. The number of piperidine rings is 1. The first-order valence-electron chi connectivity index (χ1n) is 9.95. The van der Waals surface area contributed by atoms with Crippen LogP contribution in [0.1, 0.15) is 44.8 Å². The fraction of sp³-hybridized carbons (Fsp3) is 0.619. The molecular formula is C21H28N2O4. The Bertz CT molecular complexity index is 714. The van der Waals surface area contributed by atoms with E-state index in [0.717, 1.165) is 44.4 Å². The minimum atomic E-state index is -0.432. The van der Waals surface area contributed by atoms with E-state index in [0.29, 0.717) is 19.0 Å². The van der Waals surface area contributed by atoms with Crippen LogP contribution in [-0.4, -0.2) is 42.0 Å². The van der Waals surface area contributed by atoms with Crippen molar-refractivity contribution >= 4 is 11.8 Å². The predicted octanol–water partition coefficient (Wildman–Crippen LogP) is 2.65. The molecule has 146 valence electrons. The molecule has 2 fully saturated rings. The third kappa shape index (κ3) is 3.81. The molecule has 6 heteroatoms. The largest absolute Gasteiger partial charge is 0.467 e. The van der Waals surface area contributed by atoms with E-state index in [1.165, 1.54) is 0 Å². The fourth-order valence-electron chi connectivity index (χ4n) is 4.53. The molecule has 27 heavy (non-hydrogen) atoms. The van der Waals surface area contributed by atoms with Gasteiger partial charge in [-0.15, -0.1) is 0 Å². The number of amides is 2. The van der Waals surface area contributed by atoms with Crippen LogP contribution in [0.15, 0.2) is 35.0 Å². The highest BCUT2D eigenvalue weighted by Crippen LogP contribution is 2.38. The molecule has 0 aromatic carbocycles. The van der Waals surface area contributed by atoms with Crippen LogP contribution in [0.5, 0.6) is 0 Å². The molecule has 0 bridgehead atoms. The smallest absolute Gasteiger partial charge is 0.249 e. The molecule has 1 unspecified atom stereocenters. The Labute approximate surface area is 159 Å². The molecule has 6 nitrogen and oxygen atoms in total. The van der Waals surface area contributed by atoms with Gasteiger partial charge in [-0.3, -0.25) is 9.59 Å². The summed E-state index contributed by atoms with van der Waals surface area (Å²) in [5.74, 6) is 1.22. The van der Waals surface area contributed by atoms with Gasteiger partial charge in [0.25, 0.3) is 0 Å². The van der Waals surface area contributed by atoms with Gasteiger partial charge in [0, 0.05) is 13.1 Å². The number of likely N-dealkylation sites (tertiary alicyclic amines) is 1. The van der Waals surface area contributed by atoms with Crippen molar-refractivity contribution in [1.29, 1.82) is 0 Å². The third-order valence-corrected chi connectivity index (χ3v) is 6.26. The Morgan fingerprint density at radius 3 is 3.00 bits per heavy atom. The maximum absolute atomic E-state index is 13.1. The van der Waals surface area contributed by atoms with E-state index in [2.05, 4.69) is 24.4 Å². The molecule has 3 heterocycles. The van der Waals surface area contributed by atoms with Gasteiger partial charge in [0.05, 0.1) is 24.3 Å². The molecule has 4 rings (SSSR count). The standard InChI is InChI=1S/C21H28N2O4/c1-21(8-3-2-4-9-21)20(25)23-10-7-15-12-17(27-18(15)14-23)19(24)22-13-16-6-5-11-26-16/h2-3,5-6,11,15,17-18H,4,7-10,12-14H2,1H3,(H,22,24)/t15-,17+,18+,21?/m1/s1. The normalized spacial score (nSPS) is 32.9. The lowest BCUT2D eigenvalue weighted by molar-refractivity contribution is -0.147. The minimum absolute atomic E-state index is 0.0372. The zero-order valence-electron chi connectivity index (χ0n) is 15.9. The minimum Gasteiger partial charge on any atom is -0.467 e. The number of hydrogen-bond acceptors (Lipinski definition) is 4. The van der Waals surface area contributed by atoms with E-state index in [-0.39, 0.29) is 23.3 Å². The molecule has 1 aliphatic carbocycles. The Hall–Kier alpha value is -2.08. The number of hydrogen-bond donors (Lipinski definition) is 1. The first-order valence-corrected chi connectivity index (χ1v) is 9.95. The van der Waals surface area contributed by atoms with Crippen LogP contribution in [0.25, 0.3) is 0 Å². The second-order valence-corrected chi connectivity index (χ2v) is 8.27. The van der Waals surface area contributed by atoms with E-state index >= 15 is 0 Å². The number of nitrogens with zero attached hydrogens (tertiary/aromatic N) is 1. The molecule has 4 atom stereocenters. The molecule has 1 N–H and O–H groups in total. The highest BCUT2D eigenvalue weighted by atomic mass is 16.5. The summed E-state index contributed by atoms with van der Waals surface area (Å²) in [7, 11) is 0. The van der Waals surface area contributed by atoms with Gasteiger partial charge in [-0.2, -0.15) is 0 Å². The number of ether oxygens (including phenoxy) is 1. The number of carbonyl (C=O) groups excluding carboxylic acids is 2. The first kappa shape index (κ1) is 18.3. The van der Waals surface area contributed by atoms with Crippen molar-refractivity contribution in [3.8, 4) is 0 Å². The highest BCUT2D eigenvalue weighted by molar-refractivity contribution is 5.83. The summed E-state index contributed by atoms with van der Waals surface area (Å²) in [6.45, 7) is 3.82. The van der Waals surface area contributed by atoms with Gasteiger partial charge >= 0.3 is 0 Å². The monoisotopic (exact) mass is 372 g/mol. The molecule has 0 radical (unpaired) electrons. The number of fused-ring (bicyclic) bond motifs is 1. The van der Waals surface area contributed by atoms with Crippen LogP contribution in [-0.2, 0) is 20.9 Å². The number of rotatable bonds is 4. The number of carbonyl (C=O) groups is 2. The second kappa shape index (κ2) is 7.50. The number of nitrogens with one attached hydrogen (secondary N) is 1. The number of allylic oxidation sites excluding steroid dienone is 2. The Morgan fingerprint density at radius 2 is 2.26 bits per heavy atom. The lowest BCUT2D eigenvalue weighted by Gasteiger charge is -2.40. The van der Waals surface area contributed by atoms with Gasteiger partial charge in [0.2, 0.25) is 11.8 Å². The summed E-state index contributed by atoms with van der Waals surface area (Å²) in [4.78, 5) is 27.5. The second-order valence-electron chi connectivity index (χ2n) is 8.27. The van der Waals surface area contributed by atoms with Gasteiger partial charge in [0.15, 0.2) is 0 Å². The third-order valence-electron chi connectivity index (χ3n) is 6.26. The van der Waals surface area contributed by atoms with E-state index in [9.17, 15) is 9.59 Å². The SMILES string of the molecule is CC1(C(=O)N2CC[C@@H]3C[C@@H](C(=O)NCc4ccco4)O[C@H]3C2)CC=CCC1. The molecule has 2 saturated heterocycles. The molecule has 0 saturated carbocycles. The maximum Gasteiger partial charge on any atom is 0.249 e. The van der Waals surface area contributed by atoms with E-state index < -0.39 is 6.10 Å². The van der Waals surface area contributed by atoms with Crippen molar-refractivity contribution in [1.82, 2.24) is 10.2 Å². The number of furan rings is 1. The van der Waals surface area contributed by atoms with Gasteiger partial charge in [-0.05, 0) is 50.2 Å². The lowest BCUT2D eigenvalue weighted by atomic mass is 9.77. The molecule has 1 aromatic heterocycles. The molecule has 3 aliphatic rings. The van der Waals surface area contributed by atoms with Crippen molar-refractivity contribution < 1.29 is 18.7 Å². The summed E-state index contributed by atoms with van der Waals surface area (Å²) in [6.07, 6.45) is 9.74. The van der Waals surface area contributed by atoms with Crippen LogP contribution in [0, 0.1) is 11.3 Å². The van der Waals surface area contributed by atoms with Crippen LogP contribution >= 0.6 is 0 Å².